The number of carbonyl (C=O) groups is 1. The first-order valence-corrected chi connectivity index (χ1v) is 9.96. The molecule has 3 rings (SSSR count). The second-order valence-electron chi connectivity index (χ2n) is 7.99. The fourth-order valence-electron chi connectivity index (χ4n) is 4.56. The van der Waals surface area contributed by atoms with E-state index in [2.05, 4.69) is 15.2 Å². The van der Waals surface area contributed by atoms with E-state index in [1.54, 1.807) is 4.90 Å². The van der Waals surface area contributed by atoms with Crippen molar-refractivity contribution in [3.8, 4) is 0 Å². The number of amides is 1. The topological polar surface area (TPSA) is 66.4 Å². The number of morpholine rings is 1. The smallest absolute Gasteiger partial charge is 0.230 e. The zero-order valence-corrected chi connectivity index (χ0v) is 19.2. The lowest BCUT2D eigenvalue weighted by Crippen LogP contribution is -2.55. The quantitative estimate of drug-likeness (QED) is 0.366. The number of nitrogens with zero attached hydrogens (tertiary/aromatic N) is 3. The first-order chi connectivity index (χ1) is 12.6. The van der Waals surface area contributed by atoms with Crippen molar-refractivity contribution in [2.45, 2.75) is 50.7 Å². The van der Waals surface area contributed by atoms with Gasteiger partial charge in [0, 0.05) is 47.4 Å². The van der Waals surface area contributed by atoms with Crippen molar-refractivity contribution in [2.24, 2.45) is 10.4 Å². The summed E-state index contributed by atoms with van der Waals surface area (Å²) in [6, 6.07) is 0. The van der Waals surface area contributed by atoms with E-state index >= 15 is 0 Å². The Hall–Kier alpha value is -0.610. The van der Waals surface area contributed by atoms with Crippen LogP contribution in [-0.4, -0.2) is 87.9 Å². The molecule has 0 aromatic heterocycles. The van der Waals surface area contributed by atoms with E-state index in [1.807, 2.05) is 21.1 Å². The van der Waals surface area contributed by atoms with Crippen LogP contribution in [0.5, 0.6) is 0 Å². The molecule has 2 unspecified atom stereocenters. The molecule has 2 saturated heterocycles. The molecule has 1 aliphatic carbocycles. The van der Waals surface area contributed by atoms with Crippen LogP contribution in [0.3, 0.4) is 0 Å². The summed E-state index contributed by atoms with van der Waals surface area (Å²) in [6.07, 6.45) is 6.65. The van der Waals surface area contributed by atoms with Gasteiger partial charge in [-0.3, -0.25) is 9.79 Å². The van der Waals surface area contributed by atoms with Crippen molar-refractivity contribution in [2.75, 3.05) is 54.0 Å². The number of ether oxygens (including phenoxy) is 2. The monoisotopic (exact) mass is 494 g/mol. The van der Waals surface area contributed by atoms with E-state index in [9.17, 15) is 4.79 Å². The molecule has 0 spiro atoms. The standard InChI is InChI=1S/C19H34N4O3.HI/c1-20-18(21-14-19(8-4-5-9-19)17(24)22(2)3)23-10-12-26-16(13-23)15-7-6-11-25-15;/h15-16H,4-14H2,1-3H3,(H,20,21);1H. The number of carbonyl (C=O) groups excluding carboxylic acids is 1. The maximum absolute atomic E-state index is 12.8. The molecule has 1 N–H and O–H groups in total. The largest absolute Gasteiger partial charge is 0.375 e. The minimum absolute atomic E-state index is 0. The minimum Gasteiger partial charge on any atom is -0.375 e. The Labute approximate surface area is 180 Å². The van der Waals surface area contributed by atoms with Gasteiger partial charge in [0.1, 0.15) is 6.10 Å². The maximum atomic E-state index is 12.8. The highest BCUT2D eigenvalue weighted by Gasteiger charge is 2.42. The Kier molecular flexibility index (Phi) is 8.61. The number of rotatable bonds is 4. The summed E-state index contributed by atoms with van der Waals surface area (Å²) in [6.45, 7) is 3.79. The molecular weight excluding hydrogens is 459 g/mol. The van der Waals surface area contributed by atoms with Crippen molar-refractivity contribution < 1.29 is 14.3 Å². The molecule has 8 heteroatoms. The van der Waals surface area contributed by atoms with E-state index in [0.717, 1.165) is 64.2 Å². The van der Waals surface area contributed by atoms with Crippen molar-refractivity contribution in [3.63, 3.8) is 0 Å². The molecule has 1 saturated carbocycles. The second-order valence-corrected chi connectivity index (χ2v) is 7.99. The summed E-state index contributed by atoms with van der Waals surface area (Å²) in [5.41, 5.74) is -0.292. The zero-order chi connectivity index (χ0) is 18.6. The number of nitrogens with one attached hydrogen (secondary N) is 1. The number of guanidine groups is 1. The Morgan fingerprint density at radius 3 is 2.48 bits per heavy atom. The third-order valence-electron chi connectivity index (χ3n) is 5.99. The predicted molar refractivity (Wildman–Crippen MR) is 117 cm³/mol. The minimum atomic E-state index is -0.292. The highest BCUT2D eigenvalue weighted by atomic mass is 127. The van der Waals surface area contributed by atoms with Crippen molar-refractivity contribution >= 4 is 35.8 Å². The average molecular weight is 494 g/mol. The molecule has 3 fully saturated rings. The van der Waals surface area contributed by atoms with Crippen molar-refractivity contribution in [1.29, 1.82) is 0 Å². The molecule has 156 valence electrons. The lowest BCUT2D eigenvalue weighted by atomic mass is 9.84. The first kappa shape index (κ1) is 22.7. The number of aliphatic imine (C=N–C) groups is 1. The summed E-state index contributed by atoms with van der Waals surface area (Å²) in [5.74, 6) is 1.10. The van der Waals surface area contributed by atoms with Crippen LogP contribution in [0.2, 0.25) is 0 Å². The fourth-order valence-corrected chi connectivity index (χ4v) is 4.56. The lowest BCUT2D eigenvalue weighted by Gasteiger charge is -2.38. The van der Waals surface area contributed by atoms with Gasteiger partial charge in [0.05, 0.1) is 18.1 Å². The van der Waals surface area contributed by atoms with Crippen LogP contribution in [-0.2, 0) is 14.3 Å². The van der Waals surface area contributed by atoms with Gasteiger partial charge < -0.3 is 24.6 Å². The van der Waals surface area contributed by atoms with Crippen LogP contribution in [0, 0.1) is 5.41 Å². The van der Waals surface area contributed by atoms with Gasteiger partial charge in [-0.1, -0.05) is 12.8 Å². The van der Waals surface area contributed by atoms with Crippen LogP contribution >= 0.6 is 24.0 Å². The van der Waals surface area contributed by atoms with Gasteiger partial charge in [-0.05, 0) is 25.7 Å². The van der Waals surface area contributed by atoms with E-state index in [1.165, 1.54) is 0 Å². The maximum Gasteiger partial charge on any atom is 0.230 e. The highest BCUT2D eigenvalue weighted by molar-refractivity contribution is 14.0. The average Bonchev–Trinajstić information content (AvgIpc) is 3.34. The first-order valence-electron chi connectivity index (χ1n) is 9.96. The summed E-state index contributed by atoms with van der Waals surface area (Å²) in [7, 11) is 5.52. The second kappa shape index (κ2) is 10.2. The summed E-state index contributed by atoms with van der Waals surface area (Å²) in [5, 5.41) is 3.50. The van der Waals surface area contributed by atoms with Crippen molar-refractivity contribution in [1.82, 2.24) is 15.1 Å². The molecule has 27 heavy (non-hydrogen) atoms. The Morgan fingerprint density at radius 1 is 1.19 bits per heavy atom. The van der Waals surface area contributed by atoms with Gasteiger partial charge in [-0.2, -0.15) is 0 Å². The third kappa shape index (κ3) is 5.26. The molecular formula is C19H35IN4O3. The SMILES string of the molecule is CN=C(NCC1(C(=O)N(C)C)CCCC1)N1CCOC(C2CCCO2)C1.I. The number of hydrogen-bond acceptors (Lipinski definition) is 4. The molecule has 2 aliphatic heterocycles. The predicted octanol–water partition coefficient (Wildman–Crippen LogP) is 1.71. The molecule has 0 radical (unpaired) electrons. The molecule has 7 nitrogen and oxygen atoms in total. The molecule has 0 bridgehead atoms. The van der Waals surface area contributed by atoms with Gasteiger partial charge >= 0.3 is 0 Å². The molecule has 2 atom stereocenters. The van der Waals surface area contributed by atoms with E-state index in [4.69, 9.17) is 9.47 Å². The van der Waals surface area contributed by atoms with Gasteiger partial charge in [-0.25, -0.2) is 0 Å². The van der Waals surface area contributed by atoms with E-state index in [-0.39, 0.29) is 47.5 Å². The molecule has 0 aromatic rings. The van der Waals surface area contributed by atoms with Crippen LogP contribution in [0.4, 0.5) is 0 Å². The van der Waals surface area contributed by atoms with Gasteiger partial charge in [0.15, 0.2) is 5.96 Å². The van der Waals surface area contributed by atoms with Crippen molar-refractivity contribution in [3.05, 3.63) is 0 Å². The number of halogens is 1. The van der Waals surface area contributed by atoms with Gasteiger partial charge in [0.25, 0.3) is 0 Å². The molecule has 2 heterocycles. The summed E-state index contributed by atoms with van der Waals surface area (Å²) >= 11 is 0. The van der Waals surface area contributed by atoms with Gasteiger partial charge in [0.2, 0.25) is 5.91 Å². The van der Waals surface area contributed by atoms with Crippen LogP contribution < -0.4 is 5.32 Å². The van der Waals surface area contributed by atoms with Crippen LogP contribution in [0.25, 0.3) is 0 Å². The summed E-state index contributed by atoms with van der Waals surface area (Å²) < 4.78 is 11.8. The zero-order valence-electron chi connectivity index (χ0n) is 16.9. The summed E-state index contributed by atoms with van der Waals surface area (Å²) in [4.78, 5) is 21.2. The molecule has 1 amide bonds. The van der Waals surface area contributed by atoms with Gasteiger partial charge in [-0.15, -0.1) is 24.0 Å². The van der Waals surface area contributed by atoms with Crippen LogP contribution in [0.15, 0.2) is 4.99 Å². The Morgan fingerprint density at radius 2 is 1.89 bits per heavy atom. The highest BCUT2D eigenvalue weighted by Crippen LogP contribution is 2.39. The number of hydrogen-bond donors (Lipinski definition) is 1. The molecule has 3 aliphatic rings. The Bertz CT molecular complexity index is 517. The lowest BCUT2D eigenvalue weighted by molar-refractivity contribution is -0.138. The van der Waals surface area contributed by atoms with E-state index < -0.39 is 0 Å². The molecule has 0 aromatic carbocycles. The normalized spacial score (nSPS) is 28.0. The van der Waals surface area contributed by atoms with Crippen LogP contribution in [0.1, 0.15) is 38.5 Å². The third-order valence-corrected chi connectivity index (χ3v) is 5.99. The fraction of sp³-hybridized carbons (Fsp3) is 0.895. The van der Waals surface area contributed by atoms with E-state index in [0.29, 0.717) is 13.2 Å². The Balaban J connectivity index is 0.00000261.